The van der Waals surface area contributed by atoms with E-state index in [4.69, 9.17) is 0 Å². The lowest BCUT2D eigenvalue weighted by molar-refractivity contribution is 0.0698. The van der Waals surface area contributed by atoms with Crippen molar-refractivity contribution in [1.82, 2.24) is 24.0 Å². The zero-order valence-electron chi connectivity index (χ0n) is 16.2. The molecule has 1 saturated heterocycles. The maximum atomic E-state index is 12.8. The van der Waals surface area contributed by atoms with Crippen LogP contribution in [0.3, 0.4) is 0 Å². The van der Waals surface area contributed by atoms with Gasteiger partial charge in [0.25, 0.3) is 5.91 Å². The van der Waals surface area contributed by atoms with Gasteiger partial charge in [0.2, 0.25) is 10.0 Å². The lowest BCUT2D eigenvalue weighted by atomic mass is 10.1. The van der Waals surface area contributed by atoms with Crippen LogP contribution in [0.5, 0.6) is 0 Å². The molecule has 2 heterocycles. The van der Waals surface area contributed by atoms with Crippen LogP contribution in [0.15, 0.2) is 72.7 Å². The van der Waals surface area contributed by atoms with E-state index in [9.17, 15) is 13.2 Å². The molecule has 1 aliphatic heterocycles. The first-order chi connectivity index (χ1) is 14.5. The predicted octanol–water partition coefficient (Wildman–Crippen LogP) is 2.03. The van der Waals surface area contributed by atoms with Gasteiger partial charge in [-0.1, -0.05) is 30.3 Å². The quantitative estimate of drug-likeness (QED) is 0.627. The summed E-state index contributed by atoms with van der Waals surface area (Å²) in [6.07, 6.45) is 4.62. The highest BCUT2D eigenvalue weighted by atomic mass is 32.2. The Morgan fingerprint density at radius 3 is 2.27 bits per heavy atom. The second-order valence-electron chi connectivity index (χ2n) is 6.84. The monoisotopic (exact) mass is 423 g/mol. The Bertz CT molecular complexity index is 1120. The summed E-state index contributed by atoms with van der Waals surface area (Å²) in [5, 5.41) is 5.28. The van der Waals surface area contributed by atoms with Crippen molar-refractivity contribution in [3.05, 3.63) is 83.8 Å². The lowest BCUT2D eigenvalue weighted by Crippen LogP contribution is -2.50. The zero-order chi connectivity index (χ0) is 21.0. The zero-order valence-corrected chi connectivity index (χ0v) is 17.0. The summed E-state index contributed by atoms with van der Waals surface area (Å²) in [7, 11) is -3.53. The first kappa shape index (κ1) is 20.0. The first-order valence-electron chi connectivity index (χ1n) is 9.50. The second kappa shape index (κ2) is 8.60. The molecule has 0 bridgehead atoms. The molecule has 0 radical (unpaired) electrons. The van der Waals surface area contributed by atoms with Gasteiger partial charge in [0.15, 0.2) is 0 Å². The summed E-state index contributed by atoms with van der Waals surface area (Å²) < 4.78 is 28.2. The third-order valence-electron chi connectivity index (χ3n) is 4.92. The van der Waals surface area contributed by atoms with Crippen LogP contribution in [0.2, 0.25) is 0 Å². The Labute approximate surface area is 175 Å². The summed E-state index contributed by atoms with van der Waals surface area (Å²) >= 11 is 0. The van der Waals surface area contributed by atoms with Gasteiger partial charge in [-0.25, -0.2) is 18.1 Å². The first-order valence-corrected chi connectivity index (χ1v) is 11.0. The summed E-state index contributed by atoms with van der Waals surface area (Å²) in [4.78, 5) is 18.4. The Hall–Kier alpha value is -3.30. The molecule has 8 nitrogen and oxygen atoms in total. The lowest BCUT2D eigenvalue weighted by Gasteiger charge is -2.33. The van der Waals surface area contributed by atoms with Gasteiger partial charge in [-0.2, -0.15) is 9.40 Å². The fraction of sp³-hybridized carbons (Fsp3) is 0.190. The van der Waals surface area contributed by atoms with Crippen molar-refractivity contribution in [2.45, 2.75) is 0 Å². The molecule has 154 valence electrons. The molecule has 1 amide bonds. The van der Waals surface area contributed by atoms with Crippen LogP contribution >= 0.6 is 0 Å². The molecule has 2 aromatic carbocycles. The number of hydrogen-bond donors (Lipinski definition) is 0. The smallest absolute Gasteiger partial charge is 0.253 e. The molecule has 1 aliphatic rings. The summed E-state index contributed by atoms with van der Waals surface area (Å²) in [5.41, 5.74) is 2.19. The van der Waals surface area contributed by atoms with E-state index in [0.29, 0.717) is 18.7 Å². The number of sulfonamides is 1. The maximum Gasteiger partial charge on any atom is 0.253 e. The third-order valence-corrected chi connectivity index (χ3v) is 6.48. The Kier molecular flexibility index (Phi) is 5.73. The van der Waals surface area contributed by atoms with Gasteiger partial charge in [0.1, 0.15) is 12.7 Å². The van der Waals surface area contributed by atoms with E-state index < -0.39 is 10.0 Å². The van der Waals surface area contributed by atoms with Crippen molar-refractivity contribution in [3.8, 4) is 5.69 Å². The average Bonchev–Trinajstić information content (AvgIpc) is 3.33. The fourth-order valence-electron chi connectivity index (χ4n) is 3.24. The van der Waals surface area contributed by atoms with Crippen molar-refractivity contribution in [2.24, 2.45) is 0 Å². The van der Waals surface area contributed by atoms with Crippen LogP contribution in [0, 0.1) is 0 Å². The summed E-state index contributed by atoms with van der Waals surface area (Å²) in [5.74, 6) is -0.114. The fourth-order valence-corrected chi connectivity index (χ4v) is 4.41. The van der Waals surface area contributed by atoms with E-state index in [-0.39, 0.29) is 19.0 Å². The molecule has 9 heteroatoms. The van der Waals surface area contributed by atoms with E-state index in [1.807, 2.05) is 30.3 Å². The molecule has 0 N–H and O–H groups in total. The standard InChI is InChI=1S/C21H21N5O3S/c27-21(19-6-8-20(9-7-19)26-17-22-16-23-26)24-11-13-25(14-12-24)30(28,29)15-10-18-4-2-1-3-5-18/h1-10,15-17H,11-14H2. The van der Waals surface area contributed by atoms with E-state index in [0.717, 1.165) is 11.3 Å². The average molecular weight is 423 g/mol. The van der Waals surface area contributed by atoms with E-state index >= 15 is 0 Å². The molecule has 1 aromatic heterocycles. The predicted molar refractivity (Wildman–Crippen MR) is 113 cm³/mol. The Balaban J connectivity index is 1.37. The molecular weight excluding hydrogens is 402 g/mol. The largest absolute Gasteiger partial charge is 0.336 e. The molecule has 0 saturated carbocycles. The molecule has 1 fully saturated rings. The van der Waals surface area contributed by atoms with Crippen LogP contribution in [0.25, 0.3) is 11.8 Å². The summed E-state index contributed by atoms with van der Waals surface area (Å²) in [6.45, 7) is 1.23. The number of hydrogen-bond acceptors (Lipinski definition) is 5. The van der Waals surface area contributed by atoms with Crippen LogP contribution in [-0.4, -0.2) is 64.5 Å². The van der Waals surface area contributed by atoms with Gasteiger partial charge in [0, 0.05) is 37.2 Å². The number of amides is 1. The molecule has 4 rings (SSSR count). The number of benzene rings is 2. The second-order valence-corrected chi connectivity index (χ2v) is 8.66. The van der Waals surface area contributed by atoms with Gasteiger partial charge in [-0.3, -0.25) is 4.79 Å². The van der Waals surface area contributed by atoms with Gasteiger partial charge < -0.3 is 4.90 Å². The van der Waals surface area contributed by atoms with Crippen molar-refractivity contribution in [1.29, 1.82) is 0 Å². The third kappa shape index (κ3) is 4.47. The molecular formula is C21H21N5O3S. The molecule has 0 atom stereocenters. The Morgan fingerprint density at radius 2 is 1.63 bits per heavy atom. The minimum Gasteiger partial charge on any atom is -0.336 e. The van der Waals surface area contributed by atoms with Crippen LogP contribution in [-0.2, 0) is 10.0 Å². The number of piperazine rings is 1. The van der Waals surface area contributed by atoms with Crippen LogP contribution in [0.1, 0.15) is 15.9 Å². The minimum absolute atomic E-state index is 0.114. The number of rotatable bonds is 5. The van der Waals surface area contributed by atoms with Gasteiger partial charge in [-0.15, -0.1) is 0 Å². The van der Waals surface area contributed by atoms with Gasteiger partial charge in [0.05, 0.1) is 5.69 Å². The van der Waals surface area contributed by atoms with Crippen molar-refractivity contribution in [3.63, 3.8) is 0 Å². The topological polar surface area (TPSA) is 88.4 Å². The number of carbonyl (C=O) groups excluding carboxylic acids is 1. The molecule has 0 aliphatic carbocycles. The van der Waals surface area contributed by atoms with Gasteiger partial charge >= 0.3 is 0 Å². The van der Waals surface area contributed by atoms with E-state index in [1.165, 1.54) is 16.0 Å². The number of carbonyl (C=O) groups is 1. The molecule has 30 heavy (non-hydrogen) atoms. The molecule has 3 aromatic rings. The van der Waals surface area contributed by atoms with Crippen molar-refractivity contribution >= 4 is 22.0 Å². The number of nitrogens with zero attached hydrogens (tertiary/aromatic N) is 5. The Morgan fingerprint density at radius 1 is 0.933 bits per heavy atom. The highest BCUT2D eigenvalue weighted by Gasteiger charge is 2.27. The van der Waals surface area contributed by atoms with Crippen LogP contribution in [0.4, 0.5) is 0 Å². The number of aromatic nitrogens is 3. The molecule has 0 unspecified atom stereocenters. The van der Waals surface area contributed by atoms with Crippen molar-refractivity contribution < 1.29 is 13.2 Å². The molecule has 0 spiro atoms. The van der Waals surface area contributed by atoms with Crippen LogP contribution < -0.4 is 0 Å². The summed E-state index contributed by atoms with van der Waals surface area (Å²) in [6, 6.07) is 16.4. The van der Waals surface area contributed by atoms with E-state index in [1.54, 1.807) is 46.3 Å². The highest BCUT2D eigenvalue weighted by Crippen LogP contribution is 2.15. The van der Waals surface area contributed by atoms with Gasteiger partial charge in [-0.05, 0) is 35.9 Å². The van der Waals surface area contributed by atoms with Crippen molar-refractivity contribution in [2.75, 3.05) is 26.2 Å². The highest BCUT2D eigenvalue weighted by molar-refractivity contribution is 7.92. The van der Waals surface area contributed by atoms with E-state index in [2.05, 4.69) is 10.1 Å². The maximum absolute atomic E-state index is 12.8. The minimum atomic E-state index is -3.53. The SMILES string of the molecule is O=C(c1ccc(-n2cncn2)cc1)N1CCN(S(=O)(=O)C=Cc2ccccc2)CC1. The normalized spacial score (nSPS) is 15.5.